The predicted octanol–water partition coefficient (Wildman–Crippen LogP) is 5.39. The number of hydrogen-bond donors (Lipinski definition) is 2. The fourth-order valence-corrected chi connectivity index (χ4v) is 5.86. The number of aromatic nitrogens is 3. The Balaban J connectivity index is 1.55. The van der Waals surface area contributed by atoms with Gasteiger partial charge in [0.05, 0.1) is 16.1 Å². The van der Waals surface area contributed by atoms with E-state index in [-0.39, 0.29) is 10.7 Å². The van der Waals surface area contributed by atoms with Crippen molar-refractivity contribution in [2.45, 2.75) is 36.6 Å². The second-order valence-electron chi connectivity index (χ2n) is 8.08. The van der Waals surface area contributed by atoms with Crippen LogP contribution in [0.5, 0.6) is 0 Å². The van der Waals surface area contributed by atoms with Crippen molar-refractivity contribution < 1.29 is 12.8 Å². The molecule has 0 atom stereocenters. The molecule has 170 valence electrons. The van der Waals surface area contributed by atoms with Crippen molar-refractivity contribution in [1.29, 1.82) is 0 Å². The highest BCUT2D eigenvalue weighted by atomic mass is 35.5. The fourth-order valence-electron chi connectivity index (χ4n) is 4.42. The molecule has 4 aromatic rings. The summed E-state index contributed by atoms with van der Waals surface area (Å²) < 4.78 is 43.8. The van der Waals surface area contributed by atoms with Gasteiger partial charge in [-0.25, -0.2) is 22.8 Å². The molecule has 1 aliphatic rings. The van der Waals surface area contributed by atoms with Crippen molar-refractivity contribution in [2.75, 3.05) is 10.5 Å². The van der Waals surface area contributed by atoms with Crippen LogP contribution in [-0.2, 0) is 10.0 Å². The second kappa shape index (κ2) is 8.31. The summed E-state index contributed by atoms with van der Waals surface area (Å²) in [4.78, 5) is 8.18. The zero-order valence-corrected chi connectivity index (χ0v) is 19.1. The Labute approximate surface area is 195 Å². The van der Waals surface area contributed by atoms with Gasteiger partial charge in [-0.05, 0) is 42.7 Å². The maximum atomic E-state index is 14.0. The lowest BCUT2D eigenvalue weighted by molar-refractivity contribution is 0.532. The van der Waals surface area contributed by atoms with Crippen LogP contribution in [0.4, 0.5) is 15.9 Å². The van der Waals surface area contributed by atoms with E-state index in [0.29, 0.717) is 11.9 Å². The van der Waals surface area contributed by atoms with Crippen LogP contribution in [0, 0.1) is 5.82 Å². The first kappa shape index (κ1) is 21.7. The number of benzene rings is 2. The first-order valence-corrected chi connectivity index (χ1v) is 12.4. The predicted molar refractivity (Wildman–Crippen MR) is 127 cm³/mol. The molecule has 0 aliphatic heterocycles. The van der Waals surface area contributed by atoms with Crippen LogP contribution in [0.2, 0.25) is 5.02 Å². The largest absolute Gasteiger partial charge is 0.383 e. The Morgan fingerprint density at radius 2 is 1.88 bits per heavy atom. The molecule has 0 amide bonds. The second-order valence-corrected chi connectivity index (χ2v) is 10.1. The fraction of sp³-hybridized carbons (Fsp3) is 0.217. The average molecular weight is 486 g/mol. The molecular weight excluding hydrogens is 465 g/mol. The zero-order chi connectivity index (χ0) is 23.2. The van der Waals surface area contributed by atoms with Crippen LogP contribution in [0.15, 0.2) is 59.9 Å². The summed E-state index contributed by atoms with van der Waals surface area (Å²) in [5.74, 6) is -0.472. The van der Waals surface area contributed by atoms with Gasteiger partial charge in [0.1, 0.15) is 28.5 Å². The maximum absolute atomic E-state index is 14.0. The minimum absolute atomic E-state index is 0.146. The van der Waals surface area contributed by atoms with E-state index in [1.165, 1.54) is 37.4 Å². The van der Waals surface area contributed by atoms with Gasteiger partial charge in [-0.15, -0.1) is 0 Å². The van der Waals surface area contributed by atoms with Crippen molar-refractivity contribution in [3.05, 3.63) is 65.8 Å². The van der Waals surface area contributed by atoms with Gasteiger partial charge in [0.15, 0.2) is 0 Å². The van der Waals surface area contributed by atoms with Crippen LogP contribution in [0.3, 0.4) is 0 Å². The molecule has 33 heavy (non-hydrogen) atoms. The highest BCUT2D eigenvalue weighted by Crippen LogP contribution is 2.40. The summed E-state index contributed by atoms with van der Waals surface area (Å²) >= 11 is 6.45. The van der Waals surface area contributed by atoms with Crippen LogP contribution < -0.4 is 10.5 Å². The molecule has 2 aromatic heterocycles. The lowest BCUT2D eigenvalue weighted by Crippen LogP contribution is -2.14. The van der Waals surface area contributed by atoms with Gasteiger partial charge in [-0.3, -0.25) is 4.72 Å². The average Bonchev–Trinajstić information content (AvgIpc) is 3.44. The van der Waals surface area contributed by atoms with E-state index < -0.39 is 20.7 Å². The monoisotopic (exact) mass is 485 g/mol. The van der Waals surface area contributed by atoms with Gasteiger partial charge in [0.25, 0.3) is 10.0 Å². The number of nitrogens with zero attached hydrogens (tertiary/aromatic N) is 3. The Morgan fingerprint density at radius 1 is 1.12 bits per heavy atom. The summed E-state index contributed by atoms with van der Waals surface area (Å²) in [6.07, 6.45) is 7.96. The third kappa shape index (κ3) is 3.91. The maximum Gasteiger partial charge on any atom is 0.264 e. The highest BCUT2D eigenvalue weighted by molar-refractivity contribution is 7.92. The standard InChI is InChI=1S/C23H21ClFN5O2S/c24-17-11-14(9-10-19(17)29-33(31,32)20-8-4-3-7-18(20)25)16-12-30(15-5-1-2-6-15)23-21(16)22(26)27-13-28-23/h3-4,7-13,15,29H,1-2,5-6H2,(H2,26,27,28). The van der Waals surface area contributed by atoms with Gasteiger partial charge in [-0.1, -0.05) is 42.6 Å². The van der Waals surface area contributed by atoms with E-state index in [9.17, 15) is 12.8 Å². The number of nitrogen functional groups attached to an aromatic ring is 1. The normalized spacial score (nSPS) is 14.7. The van der Waals surface area contributed by atoms with Crippen molar-refractivity contribution in [2.24, 2.45) is 0 Å². The SMILES string of the molecule is Nc1ncnc2c1c(-c1ccc(NS(=O)(=O)c3ccccc3F)c(Cl)c1)cn2C1CCCC1. The molecule has 1 saturated carbocycles. The molecule has 1 aliphatic carbocycles. The smallest absolute Gasteiger partial charge is 0.264 e. The number of anilines is 2. The quantitative estimate of drug-likeness (QED) is 0.394. The number of sulfonamides is 1. The van der Waals surface area contributed by atoms with Crippen molar-refractivity contribution in [3.63, 3.8) is 0 Å². The molecule has 10 heteroatoms. The molecule has 0 saturated heterocycles. The van der Waals surface area contributed by atoms with Gasteiger partial charge >= 0.3 is 0 Å². The molecule has 0 radical (unpaired) electrons. The molecule has 0 bridgehead atoms. The summed E-state index contributed by atoms with van der Waals surface area (Å²) in [6.45, 7) is 0. The van der Waals surface area contributed by atoms with E-state index in [2.05, 4.69) is 19.3 Å². The number of halogens is 2. The Hall–Kier alpha value is -3.17. The summed E-state index contributed by atoms with van der Waals surface area (Å²) in [6, 6.07) is 10.5. The first-order valence-electron chi connectivity index (χ1n) is 10.5. The third-order valence-electron chi connectivity index (χ3n) is 6.01. The molecule has 3 N–H and O–H groups in total. The highest BCUT2D eigenvalue weighted by Gasteiger charge is 2.24. The minimum Gasteiger partial charge on any atom is -0.383 e. The zero-order valence-electron chi connectivity index (χ0n) is 17.5. The van der Waals surface area contributed by atoms with Gasteiger partial charge in [-0.2, -0.15) is 0 Å². The molecule has 0 spiro atoms. The van der Waals surface area contributed by atoms with Crippen molar-refractivity contribution in [1.82, 2.24) is 14.5 Å². The molecule has 1 fully saturated rings. The summed E-state index contributed by atoms with van der Waals surface area (Å²) in [5.41, 5.74) is 8.69. The molecule has 2 heterocycles. The van der Waals surface area contributed by atoms with E-state index in [1.54, 1.807) is 18.2 Å². The first-order chi connectivity index (χ1) is 15.8. The molecule has 2 aromatic carbocycles. The minimum atomic E-state index is -4.15. The van der Waals surface area contributed by atoms with Crippen molar-refractivity contribution >= 4 is 44.2 Å². The number of nitrogens with one attached hydrogen (secondary N) is 1. The van der Waals surface area contributed by atoms with E-state index >= 15 is 0 Å². The van der Waals surface area contributed by atoms with Crippen LogP contribution in [0.1, 0.15) is 31.7 Å². The van der Waals surface area contributed by atoms with Crippen LogP contribution in [0.25, 0.3) is 22.2 Å². The molecular formula is C23H21ClFN5O2S. The molecule has 0 unspecified atom stereocenters. The van der Waals surface area contributed by atoms with E-state index in [4.69, 9.17) is 17.3 Å². The lowest BCUT2D eigenvalue weighted by atomic mass is 10.1. The summed E-state index contributed by atoms with van der Waals surface area (Å²) in [5, 5.41) is 0.907. The van der Waals surface area contributed by atoms with Gasteiger partial charge < -0.3 is 10.3 Å². The van der Waals surface area contributed by atoms with Crippen LogP contribution in [-0.4, -0.2) is 23.0 Å². The lowest BCUT2D eigenvalue weighted by Gasteiger charge is -2.12. The number of nitrogens with two attached hydrogens (primary N) is 1. The topological polar surface area (TPSA) is 103 Å². The van der Waals surface area contributed by atoms with Crippen molar-refractivity contribution in [3.8, 4) is 11.1 Å². The molecule has 5 rings (SSSR count). The number of fused-ring (bicyclic) bond motifs is 1. The van der Waals surface area contributed by atoms with Gasteiger partial charge in [0, 0.05) is 17.8 Å². The Bertz CT molecular complexity index is 1470. The van der Waals surface area contributed by atoms with Gasteiger partial charge in [0.2, 0.25) is 0 Å². The van der Waals surface area contributed by atoms with Crippen LogP contribution >= 0.6 is 11.6 Å². The van der Waals surface area contributed by atoms with E-state index in [0.717, 1.165) is 41.1 Å². The molecule has 7 nitrogen and oxygen atoms in total. The number of rotatable bonds is 5. The number of hydrogen-bond acceptors (Lipinski definition) is 5. The Kier molecular flexibility index (Phi) is 5.46. The Morgan fingerprint density at radius 3 is 2.61 bits per heavy atom. The third-order valence-corrected chi connectivity index (χ3v) is 7.72. The van der Waals surface area contributed by atoms with E-state index in [1.807, 2.05) is 6.20 Å². The summed E-state index contributed by atoms with van der Waals surface area (Å²) in [7, 11) is -4.15.